The summed E-state index contributed by atoms with van der Waals surface area (Å²) in [4.78, 5) is 4.18. The van der Waals surface area contributed by atoms with Crippen molar-refractivity contribution in [3.63, 3.8) is 0 Å². The molecule has 1 aliphatic carbocycles. The van der Waals surface area contributed by atoms with Gasteiger partial charge in [0, 0.05) is 18.2 Å². The largest absolute Gasteiger partial charge is 0.330 e. The number of aryl methyl sites for hydroxylation is 1. The Hall–Kier alpha value is -0.600. The maximum Gasteiger partial charge on any atom is 0.131 e. The van der Waals surface area contributed by atoms with Crippen LogP contribution in [0.3, 0.4) is 0 Å². The number of halogens is 1. The fraction of sp³-hybridized carbons (Fsp3) is 0.545. The second-order valence-electron chi connectivity index (χ2n) is 4.17. The van der Waals surface area contributed by atoms with Crippen LogP contribution in [0.25, 0.3) is 0 Å². The van der Waals surface area contributed by atoms with Crippen molar-refractivity contribution in [1.82, 2.24) is 4.98 Å². The van der Waals surface area contributed by atoms with Gasteiger partial charge in [-0.2, -0.15) is 0 Å². The SMILES string of the molecule is Cc1cc(C2(CN)CCC2)cnc1Cl. The second-order valence-corrected chi connectivity index (χ2v) is 4.53. The van der Waals surface area contributed by atoms with E-state index in [9.17, 15) is 0 Å². The van der Waals surface area contributed by atoms with Gasteiger partial charge in [-0.25, -0.2) is 4.98 Å². The zero-order valence-electron chi connectivity index (χ0n) is 8.39. The fourth-order valence-electron chi connectivity index (χ4n) is 2.06. The first kappa shape index (κ1) is 9.94. The molecule has 0 radical (unpaired) electrons. The van der Waals surface area contributed by atoms with Crippen molar-refractivity contribution in [2.24, 2.45) is 5.73 Å². The van der Waals surface area contributed by atoms with Crippen molar-refractivity contribution in [2.75, 3.05) is 6.54 Å². The standard InChI is InChI=1S/C11H15ClN2/c1-8-5-9(6-14-10(8)12)11(7-13)3-2-4-11/h5-6H,2-4,7,13H2,1H3. The second kappa shape index (κ2) is 3.52. The van der Waals surface area contributed by atoms with Gasteiger partial charge in [0.1, 0.15) is 5.15 Å². The van der Waals surface area contributed by atoms with Gasteiger partial charge in [0.25, 0.3) is 0 Å². The normalized spacial score (nSPS) is 19.1. The Morgan fingerprint density at radius 1 is 1.57 bits per heavy atom. The molecule has 1 heterocycles. The van der Waals surface area contributed by atoms with Crippen LogP contribution in [-0.4, -0.2) is 11.5 Å². The first-order chi connectivity index (χ1) is 6.68. The molecule has 1 aromatic rings. The first-order valence-electron chi connectivity index (χ1n) is 5.01. The molecule has 3 heteroatoms. The molecular weight excluding hydrogens is 196 g/mol. The van der Waals surface area contributed by atoms with Crippen LogP contribution in [0.2, 0.25) is 5.15 Å². The molecule has 2 nitrogen and oxygen atoms in total. The van der Waals surface area contributed by atoms with E-state index in [2.05, 4.69) is 11.1 Å². The minimum absolute atomic E-state index is 0.197. The average molecular weight is 211 g/mol. The summed E-state index contributed by atoms with van der Waals surface area (Å²) in [5.74, 6) is 0. The van der Waals surface area contributed by atoms with Crippen LogP contribution in [0.4, 0.5) is 0 Å². The Kier molecular flexibility index (Phi) is 2.50. The molecule has 2 rings (SSSR count). The molecule has 0 bridgehead atoms. The van der Waals surface area contributed by atoms with Crippen molar-refractivity contribution in [3.05, 3.63) is 28.5 Å². The van der Waals surface area contributed by atoms with Crippen molar-refractivity contribution >= 4 is 11.6 Å². The van der Waals surface area contributed by atoms with Crippen LogP contribution in [-0.2, 0) is 5.41 Å². The van der Waals surface area contributed by atoms with Gasteiger partial charge in [0.2, 0.25) is 0 Å². The molecule has 76 valence electrons. The summed E-state index contributed by atoms with van der Waals surface area (Å²) in [5, 5.41) is 0.597. The lowest BCUT2D eigenvalue weighted by Crippen LogP contribution is -2.41. The summed E-state index contributed by atoms with van der Waals surface area (Å²) in [6.07, 6.45) is 5.53. The average Bonchev–Trinajstić information content (AvgIpc) is 2.10. The summed E-state index contributed by atoms with van der Waals surface area (Å²) in [6.45, 7) is 2.71. The lowest BCUT2D eigenvalue weighted by Gasteiger charge is -2.41. The number of nitrogens with two attached hydrogens (primary N) is 1. The minimum Gasteiger partial charge on any atom is -0.330 e. The van der Waals surface area contributed by atoms with E-state index in [0.29, 0.717) is 5.15 Å². The smallest absolute Gasteiger partial charge is 0.131 e. The van der Waals surface area contributed by atoms with Crippen molar-refractivity contribution in [2.45, 2.75) is 31.6 Å². The van der Waals surface area contributed by atoms with E-state index in [1.807, 2.05) is 13.1 Å². The van der Waals surface area contributed by atoms with Crippen LogP contribution in [0.1, 0.15) is 30.4 Å². The summed E-state index contributed by atoms with van der Waals surface area (Å²) >= 11 is 5.89. The molecule has 14 heavy (non-hydrogen) atoms. The Labute approximate surface area is 89.5 Å². The molecule has 0 aliphatic heterocycles. The van der Waals surface area contributed by atoms with E-state index >= 15 is 0 Å². The molecular formula is C11H15ClN2. The van der Waals surface area contributed by atoms with Gasteiger partial charge in [-0.1, -0.05) is 24.1 Å². The van der Waals surface area contributed by atoms with Gasteiger partial charge in [0.05, 0.1) is 0 Å². The van der Waals surface area contributed by atoms with E-state index in [1.54, 1.807) is 0 Å². The number of hydrogen-bond donors (Lipinski definition) is 1. The highest BCUT2D eigenvalue weighted by Gasteiger charge is 2.37. The molecule has 1 saturated carbocycles. The van der Waals surface area contributed by atoms with Gasteiger partial charge < -0.3 is 5.73 Å². The quantitative estimate of drug-likeness (QED) is 0.762. The first-order valence-corrected chi connectivity index (χ1v) is 5.38. The monoisotopic (exact) mass is 210 g/mol. The minimum atomic E-state index is 0.197. The van der Waals surface area contributed by atoms with Gasteiger partial charge in [-0.3, -0.25) is 0 Å². The van der Waals surface area contributed by atoms with E-state index in [0.717, 1.165) is 12.1 Å². The predicted molar refractivity (Wildman–Crippen MR) is 58.6 cm³/mol. The number of hydrogen-bond acceptors (Lipinski definition) is 2. The summed E-state index contributed by atoms with van der Waals surface area (Å²) in [6, 6.07) is 2.13. The van der Waals surface area contributed by atoms with Crippen molar-refractivity contribution in [3.8, 4) is 0 Å². The molecule has 0 spiro atoms. The third kappa shape index (κ3) is 1.43. The van der Waals surface area contributed by atoms with E-state index in [4.69, 9.17) is 17.3 Å². The molecule has 1 aliphatic rings. The van der Waals surface area contributed by atoms with Gasteiger partial charge in [-0.05, 0) is 30.9 Å². The third-order valence-corrected chi connectivity index (χ3v) is 3.72. The zero-order chi connectivity index (χ0) is 10.2. The van der Waals surface area contributed by atoms with Crippen LogP contribution in [0.15, 0.2) is 12.3 Å². The van der Waals surface area contributed by atoms with Crippen molar-refractivity contribution in [1.29, 1.82) is 0 Å². The molecule has 0 unspecified atom stereocenters. The lowest BCUT2D eigenvalue weighted by atomic mass is 9.65. The number of aromatic nitrogens is 1. The third-order valence-electron chi connectivity index (χ3n) is 3.33. The van der Waals surface area contributed by atoms with E-state index < -0.39 is 0 Å². The van der Waals surface area contributed by atoms with Crippen molar-refractivity contribution < 1.29 is 0 Å². The van der Waals surface area contributed by atoms with Gasteiger partial charge in [-0.15, -0.1) is 0 Å². The number of nitrogens with zero attached hydrogens (tertiary/aromatic N) is 1. The predicted octanol–water partition coefficient (Wildman–Crippen LogP) is 2.42. The highest BCUT2D eigenvalue weighted by Crippen LogP contribution is 2.42. The van der Waals surface area contributed by atoms with E-state index in [-0.39, 0.29) is 5.41 Å². The topological polar surface area (TPSA) is 38.9 Å². The van der Waals surface area contributed by atoms with Crippen LogP contribution in [0, 0.1) is 6.92 Å². The number of pyridine rings is 1. The highest BCUT2D eigenvalue weighted by molar-refractivity contribution is 6.30. The summed E-state index contributed by atoms with van der Waals surface area (Å²) in [7, 11) is 0. The Bertz CT molecular complexity index is 340. The van der Waals surface area contributed by atoms with E-state index in [1.165, 1.54) is 24.8 Å². The Morgan fingerprint density at radius 2 is 2.29 bits per heavy atom. The lowest BCUT2D eigenvalue weighted by molar-refractivity contribution is 0.252. The summed E-state index contributed by atoms with van der Waals surface area (Å²) < 4.78 is 0. The fourth-order valence-corrected chi connectivity index (χ4v) is 2.17. The highest BCUT2D eigenvalue weighted by atomic mass is 35.5. The number of rotatable bonds is 2. The maximum atomic E-state index is 5.89. The summed E-state index contributed by atoms with van der Waals surface area (Å²) in [5.41, 5.74) is 8.33. The molecule has 0 amide bonds. The van der Waals surface area contributed by atoms with Crippen LogP contribution in [0.5, 0.6) is 0 Å². The van der Waals surface area contributed by atoms with Crippen LogP contribution < -0.4 is 5.73 Å². The zero-order valence-corrected chi connectivity index (χ0v) is 9.14. The molecule has 0 atom stereocenters. The van der Waals surface area contributed by atoms with Crippen LogP contribution >= 0.6 is 11.6 Å². The molecule has 1 fully saturated rings. The molecule has 1 aromatic heterocycles. The Balaban J connectivity index is 2.36. The van der Waals surface area contributed by atoms with Gasteiger partial charge >= 0.3 is 0 Å². The molecule has 0 aromatic carbocycles. The van der Waals surface area contributed by atoms with Gasteiger partial charge in [0.15, 0.2) is 0 Å². The molecule has 0 saturated heterocycles. The maximum absolute atomic E-state index is 5.89. The Morgan fingerprint density at radius 3 is 2.71 bits per heavy atom. The molecule has 2 N–H and O–H groups in total.